The molecule has 0 amide bonds. The first-order chi connectivity index (χ1) is 22.2. The van der Waals surface area contributed by atoms with Crippen LogP contribution in [0.25, 0.3) is 0 Å². The van der Waals surface area contributed by atoms with Gasteiger partial charge >= 0.3 is 99.0 Å². The Morgan fingerprint density at radius 1 is 0.196 bits per heavy atom. The van der Waals surface area contributed by atoms with Crippen LogP contribution in [0.5, 0.6) is 0 Å². The van der Waals surface area contributed by atoms with Gasteiger partial charge < -0.3 is 0 Å². The maximum atomic E-state index is 9.87. The average Bonchev–Trinajstić information content (AvgIpc) is 3.74. The quantitative estimate of drug-likeness (QED) is 0.168. The van der Waals surface area contributed by atoms with Gasteiger partial charge in [0.1, 0.15) is 0 Å². The first-order valence-electron chi connectivity index (χ1n) is 11.1. The van der Waals surface area contributed by atoms with Crippen LogP contribution in [0, 0.1) is 0 Å². The van der Waals surface area contributed by atoms with Gasteiger partial charge in [-0.3, -0.25) is 0 Å². The van der Waals surface area contributed by atoms with Crippen LogP contribution in [0.1, 0.15) is 0 Å². The Labute approximate surface area is 327 Å². The van der Waals surface area contributed by atoms with Crippen LogP contribution in [0.4, 0.5) is 75.5 Å². The summed E-state index contributed by atoms with van der Waals surface area (Å²) in [6.07, 6.45) is 0. The molecule has 51 heavy (non-hydrogen) atoms. The van der Waals surface area contributed by atoms with Crippen molar-refractivity contribution in [3.8, 4) is 0 Å². The molecule has 33 heteroatoms. The molecule has 6 heterocycles. The van der Waals surface area contributed by atoms with Crippen molar-refractivity contribution in [1.29, 1.82) is 0 Å². The molecule has 0 saturated carbocycles. The van der Waals surface area contributed by atoms with E-state index in [-0.39, 0.29) is 0 Å². The van der Waals surface area contributed by atoms with Crippen molar-refractivity contribution >= 4 is 165 Å². The molecule has 6 aliphatic heterocycles. The molecule has 0 fully saturated rings. The van der Waals surface area contributed by atoms with Gasteiger partial charge in [0.2, 0.25) is 0 Å². The molecule has 0 bridgehead atoms. The van der Waals surface area contributed by atoms with Gasteiger partial charge in [-0.05, 0) is 64.9 Å². The predicted octanol–water partition coefficient (Wildman–Crippen LogP) is 22.2. The summed E-state index contributed by atoms with van der Waals surface area (Å²) in [5, 5.41) is 25.6. The molecule has 0 aromatic rings. The number of hydrogen-bond donors (Lipinski definition) is 0. The molecule has 0 nitrogen and oxygen atoms in total. The Morgan fingerprint density at radius 3 is 0.314 bits per heavy atom. The van der Waals surface area contributed by atoms with Crippen LogP contribution in [0.2, 0.25) is 0 Å². The molecule has 6 aliphatic rings. The summed E-state index contributed by atoms with van der Waals surface area (Å²) in [6.45, 7) is 0. The van der Waals surface area contributed by atoms with Crippen molar-refractivity contribution in [2.24, 2.45) is 0 Å². The van der Waals surface area contributed by atoms with Crippen LogP contribution >= 0.6 is 165 Å². The van der Waals surface area contributed by atoms with Crippen molar-refractivity contribution in [1.82, 2.24) is 0 Å². The molecule has 0 spiro atoms. The van der Waals surface area contributed by atoms with Crippen LogP contribution < -0.4 is 0 Å². The summed E-state index contributed by atoms with van der Waals surface area (Å²) in [6, 6.07) is 0. The number of halogens is 18. The molecule has 0 unspecified atom stereocenters. The zero-order valence-electron chi connectivity index (χ0n) is 23.0. The van der Waals surface area contributed by atoms with Crippen molar-refractivity contribution in [3.63, 3.8) is 0 Å². The van der Waals surface area contributed by atoms with Crippen molar-refractivity contribution < 1.29 is 75.5 Å². The Hall–Kier alpha value is 1.89. The van der Waals surface area contributed by atoms with Crippen LogP contribution in [-0.2, 0) is 0 Å². The van der Waals surface area contributed by atoms with Gasteiger partial charge in [0.15, 0.2) is 0 Å². The minimum atomic E-state index is -10.7. The fourth-order valence-corrected chi connectivity index (χ4v) is 13.9. The van der Waals surface area contributed by atoms with Crippen molar-refractivity contribution in [3.05, 3.63) is 90.3 Å². The Kier molecular flexibility index (Phi) is 17.0. The van der Waals surface area contributed by atoms with Crippen LogP contribution in [0.3, 0.4) is 0 Å². The van der Waals surface area contributed by atoms with Gasteiger partial charge in [-0.25, -0.2) is 0 Å². The van der Waals surface area contributed by atoms with E-state index in [1.165, 1.54) is 25.4 Å². The van der Waals surface area contributed by atoms with Gasteiger partial charge in [-0.1, -0.05) is 141 Å². The molecular formula is C18H12F18P3S12-3. The molecule has 300 valence electrons. The molecule has 0 aromatic heterocycles. The fraction of sp³-hybridized carbons (Fsp3) is 0. The second-order valence-electron chi connectivity index (χ2n) is 7.65. The molecule has 0 aromatic carbocycles. The van der Waals surface area contributed by atoms with E-state index >= 15 is 0 Å². The van der Waals surface area contributed by atoms with E-state index in [9.17, 15) is 75.5 Å². The second kappa shape index (κ2) is 17.0. The summed E-state index contributed by atoms with van der Waals surface area (Å²) >= 11 is 21.8. The second-order valence-corrected chi connectivity index (χ2v) is 25.9. The molecule has 0 aliphatic carbocycles. The molecular weight excluding hydrogens is 1040 g/mol. The molecule has 6 rings (SSSR count). The minimum absolute atomic E-state index is 1.43. The van der Waals surface area contributed by atoms with E-state index in [0.717, 1.165) is 0 Å². The first-order valence-corrected chi connectivity index (χ1v) is 27.7. The zero-order chi connectivity index (χ0) is 39.7. The van der Waals surface area contributed by atoms with Gasteiger partial charge in [0, 0.05) is 0 Å². The van der Waals surface area contributed by atoms with E-state index in [0.29, 0.717) is 0 Å². The van der Waals surface area contributed by atoms with Gasteiger partial charge in [0.25, 0.3) is 0 Å². The first kappa shape index (κ1) is 50.9. The fourth-order valence-electron chi connectivity index (χ4n) is 1.82. The van der Waals surface area contributed by atoms with Crippen molar-refractivity contribution in [2.45, 2.75) is 0 Å². The number of thioether (sulfide) groups is 12. The van der Waals surface area contributed by atoms with Gasteiger partial charge in [-0.15, -0.1) is 0 Å². The average molecular weight is 1050 g/mol. The SMILES string of the molecule is C1=CSC(=C2SC=CS2)S1.C1=CSC(=C2SC=CS2)S1.C1=CSC(=C2SC=CS2)S1.F[P-](F)(F)(F)(F)F.F[P-](F)(F)(F)(F)F.F[P-](F)(F)(F)(F)F. The number of rotatable bonds is 0. The Bertz CT molecular complexity index is 1200. The summed E-state index contributed by atoms with van der Waals surface area (Å²) in [5.74, 6) is 0. The molecule has 0 atom stereocenters. The Morgan fingerprint density at radius 2 is 0.255 bits per heavy atom. The van der Waals surface area contributed by atoms with E-state index in [4.69, 9.17) is 0 Å². The maximum absolute atomic E-state index is 10.7. The predicted molar refractivity (Wildman–Crippen MR) is 208 cm³/mol. The zero-order valence-corrected chi connectivity index (χ0v) is 35.5. The molecule has 0 saturated heterocycles. The monoisotopic (exact) mass is 1050 g/mol. The number of hydrogen-bond acceptors (Lipinski definition) is 12. The van der Waals surface area contributed by atoms with Crippen molar-refractivity contribution in [2.75, 3.05) is 0 Å². The molecule has 0 N–H and O–H groups in total. The summed E-state index contributed by atoms with van der Waals surface area (Å²) < 4.78 is 186. The van der Waals surface area contributed by atoms with Crippen LogP contribution in [0.15, 0.2) is 90.3 Å². The van der Waals surface area contributed by atoms with E-state index < -0.39 is 23.4 Å². The van der Waals surface area contributed by atoms with E-state index in [1.807, 2.05) is 141 Å². The Balaban J connectivity index is 0.000000310. The summed E-state index contributed by atoms with van der Waals surface area (Å²) in [4.78, 5) is 0. The molecule has 0 radical (unpaired) electrons. The van der Waals surface area contributed by atoms with E-state index in [2.05, 4.69) is 64.9 Å². The summed E-state index contributed by atoms with van der Waals surface area (Å²) in [7, 11) is -32.0. The standard InChI is InChI=1S/3C6H4S4.3F6P/c3*1-2-8-5(7-1)6-9-3-4-10-6;3*1-7(2,3,4,5)6/h3*1-4H;;;/q;;;3*-1. The van der Waals surface area contributed by atoms with Gasteiger partial charge in [-0.2, -0.15) is 0 Å². The van der Waals surface area contributed by atoms with E-state index in [1.54, 1.807) is 0 Å². The van der Waals surface area contributed by atoms with Crippen LogP contribution in [-0.4, -0.2) is 0 Å². The third kappa shape index (κ3) is 41.3. The normalized spacial score (nSPS) is 23.2. The summed E-state index contributed by atoms with van der Waals surface area (Å²) in [5.41, 5.74) is 0. The third-order valence-corrected chi connectivity index (χ3v) is 17.3. The van der Waals surface area contributed by atoms with Gasteiger partial charge in [0.05, 0.1) is 25.4 Å². The third-order valence-electron chi connectivity index (χ3n) is 2.93. The topological polar surface area (TPSA) is 0 Å².